The minimum Gasteiger partial charge on any atom is -0.325 e. The summed E-state index contributed by atoms with van der Waals surface area (Å²) in [6.07, 6.45) is 5.89. The van der Waals surface area contributed by atoms with E-state index >= 15 is 0 Å². The van der Waals surface area contributed by atoms with E-state index < -0.39 is 6.04 Å². The quantitative estimate of drug-likeness (QED) is 0.828. The number of pyridine rings is 1. The largest absolute Gasteiger partial charge is 0.325 e. The molecular formula is C22H28FN3O. The molecule has 3 rings (SSSR count). The van der Waals surface area contributed by atoms with Gasteiger partial charge in [-0.25, -0.2) is 4.39 Å². The Hall–Kier alpha value is -2.27. The summed E-state index contributed by atoms with van der Waals surface area (Å²) in [5.41, 5.74) is 9.62. The minimum absolute atomic E-state index is 0.200. The lowest BCUT2D eigenvalue weighted by molar-refractivity contribution is -0.118. The normalized spacial score (nSPS) is 20.9. The average molecular weight is 369 g/mol. The summed E-state index contributed by atoms with van der Waals surface area (Å²) in [6, 6.07) is 6.08. The van der Waals surface area contributed by atoms with Gasteiger partial charge in [-0.15, -0.1) is 0 Å². The fourth-order valence-electron chi connectivity index (χ4n) is 3.98. The maximum absolute atomic E-state index is 14.7. The molecule has 144 valence electrons. The number of aromatic nitrogens is 1. The van der Waals surface area contributed by atoms with Crippen LogP contribution in [0.5, 0.6) is 0 Å². The maximum Gasteiger partial charge on any atom is 0.241 e. The summed E-state index contributed by atoms with van der Waals surface area (Å²) in [4.78, 5) is 16.8. The Balaban J connectivity index is 1.73. The van der Waals surface area contributed by atoms with Gasteiger partial charge >= 0.3 is 0 Å². The van der Waals surface area contributed by atoms with E-state index in [0.29, 0.717) is 17.2 Å². The van der Waals surface area contributed by atoms with E-state index in [1.807, 2.05) is 19.9 Å². The molecular weight excluding hydrogens is 341 g/mol. The van der Waals surface area contributed by atoms with Gasteiger partial charge in [-0.05, 0) is 68.4 Å². The lowest BCUT2D eigenvalue weighted by Gasteiger charge is -2.29. The standard InChI is InChI=1S/C22H28FN3O/c1-13-4-6-16(7-5-13)21(24)22(27)26-17-8-9-18(19(23)12-17)20-14(2)10-11-25-15(20)3/h8-13,16,21H,4-7,24H2,1-3H3,(H,26,27). The first-order valence-corrected chi connectivity index (χ1v) is 9.65. The van der Waals surface area contributed by atoms with Gasteiger partial charge in [0, 0.05) is 28.7 Å². The minimum atomic E-state index is -0.553. The van der Waals surface area contributed by atoms with E-state index in [0.717, 1.165) is 42.5 Å². The van der Waals surface area contributed by atoms with Gasteiger partial charge in [-0.1, -0.05) is 19.8 Å². The van der Waals surface area contributed by atoms with E-state index in [2.05, 4.69) is 17.2 Å². The summed E-state index contributed by atoms with van der Waals surface area (Å²) in [6.45, 7) is 6.03. The third-order valence-corrected chi connectivity index (χ3v) is 5.73. The predicted octanol–water partition coefficient (Wildman–Crippen LogP) is 4.60. The molecule has 4 nitrogen and oxygen atoms in total. The molecule has 1 saturated carbocycles. The third-order valence-electron chi connectivity index (χ3n) is 5.73. The van der Waals surface area contributed by atoms with Gasteiger partial charge in [0.15, 0.2) is 0 Å². The van der Waals surface area contributed by atoms with Crippen molar-refractivity contribution in [1.82, 2.24) is 4.98 Å². The van der Waals surface area contributed by atoms with Crippen LogP contribution >= 0.6 is 0 Å². The van der Waals surface area contributed by atoms with Gasteiger partial charge in [-0.2, -0.15) is 0 Å². The molecule has 1 atom stereocenters. The number of nitrogens with one attached hydrogen (secondary N) is 1. The van der Waals surface area contributed by atoms with Crippen LogP contribution in [-0.2, 0) is 4.79 Å². The summed E-state index contributed by atoms with van der Waals surface area (Å²) in [5.74, 6) is 0.283. The Labute approximate surface area is 160 Å². The molecule has 27 heavy (non-hydrogen) atoms. The number of halogens is 1. The van der Waals surface area contributed by atoms with Crippen LogP contribution in [0, 0.1) is 31.5 Å². The second kappa shape index (κ2) is 8.17. The van der Waals surface area contributed by atoms with E-state index in [-0.39, 0.29) is 17.6 Å². The molecule has 3 N–H and O–H groups in total. The zero-order valence-corrected chi connectivity index (χ0v) is 16.3. The van der Waals surface area contributed by atoms with Crippen LogP contribution in [-0.4, -0.2) is 16.9 Å². The number of hydrogen-bond donors (Lipinski definition) is 2. The second-order valence-electron chi connectivity index (χ2n) is 7.82. The number of nitrogens with two attached hydrogens (primary N) is 1. The van der Waals surface area contributed by atoms with Crippen LogP contribution in [0.2, 0.25) is 0 Å². The Bertz CT molecular complexity index is 808. The number of benzene rings is 1. The maximum atomic E-state index is 14.7. The van der Waals surface area contributed by atoms with Crippen molar-refractivity contribution in [2.24, 2.45) is 17.6 Å². The lowest BCUT2D eigenvalue weighted by atomic mass is 9.79. The zero-order valence-electron chi connectivity index (χ0n) is 16.3. The van der Waals surface area contributed by atoms with Gasteiger partial charge in [0.05, 0.1) is 6.04 Å². The molecule has 2 aromatic rings. The highest BCUT2D eigenvalue weighted by Gasteiger charge is 2.28. The van der Waals surface area contributed by atoms with Crippen LogP contribution in [0.3, 0.4) is 0 Å². The fraction of sp³-hybridized carbons (Fsp3) is 0.455. The summed E-state index contributed by atoms with van der Waals surface area (Å²) in [7, 11) is 0. The number of amides is 1. The van der Waals surface area contributed by atoms with Crippen LogP contribution in [0.4, 0.5) is 10.1 Å². The average Bonchev–Trinajstić information content (AvgIpc) is 2.63. The van der Waals surface area contributed by atoms with Crippen molar-refractivity contribution in [3.05, 3.63) is 47.5 Å². The van der Waals surface area contributed by atoms with Gasteiger partial charge in [0.1, 0.15) is 5.82 Å². The van der Waals surface area contributed by atoms with Crippen LogP contribution < -0.4 is 11.1 Å². The van der Waals surface area contributed by atoms with E-state index in [1.165, 1.54) is 6.07 Å². The number of aryl methyl sites for hydroxylation is 2. The molecule has 1 aromatic carbocycles. The van der Waals surface area contributed by atoms with Crippen molar-refractivity contribution < 1.29 is 9.18 Å². The first-order chi connectivity index (χ1) is 12.9. The van der Waals surface area contributed by atoms with E-state index in [4.69, 9.17) is 5.73 Å². The molecule has 0 aliphatic heterocycles. The van der Waals surface area contributed by atoms with Crippen molar-refractivity contribution in [3.8, 4) is 11.1 Å². The highest BCUT2D eigenvalue weighted by atomic mass is 19.1. The Morgan fingerprint density at radius 1 is 1.22 bits per heavy atom. The van der Waals surface area contributed by atoms with Crippen LogP contribution in [0.1, 0.15) is 43.9 Å². The molecule has 1 heterocycles. The first kappa shape index (κ1) is 19.5. The van der Waals surface area contributed by atoms with Crippen molar-refractivity contribution >= 4 is 11.6 Å². The summed E-state index contributed by atoms with van der Waals surface area (Å²) >= 11 is 0. The fourth-order valence-corrected chi connectivity index (χ4v) is 3.98. The molecule has 1 amide bonds. The van der Waals surface area contributed by atoms with Crippen LogP contribution in [0.25, 0.3) is 11.1 Å². The molecule has 5 heteroatoms. The van der Waals surface area contributed by atoms with E-state index in [9.17, 15) is 9.18 Å². The molecule has 1 aliphatic rings. The molecule has 1 unspecified atom stereocenters. The number of rotatable bonds is 4. The topological polar surface area (TPSA) is 68.0 Å². The second-order valence-corrected chi connectivity index (χ2v) is 7.82. The van der Waals surface area contributed by atoms with Gasteiger partial charge in [0.25, 0.3) is 0 Å². The van der Waals surface area contributed by atoms with Gasteiger partial charge in [-0.3, -0.25) is 9.78 Å². The number of hydrogen-bond acceptors (Lipinski definition) is 3. The summed E-state index contributed by atoms with van der Waals surface area (Å²) in [5, 5.41) is 2.78. The Morgan fingerprint density at radius 3 is 2.56 bits per heavy atom. The zero-order chi connectivity index (χ0) is 19.6. The van der Waals surface area contributed by atoms with Crippen LogP contribution in [0.15, 0.2) is 30.5 Å². The predicted molar refractivity (Wildman–Crippen MR) is 107 cm³/mol. The molecule has 0 saturated heterocycles. The van der Waals surface area contributed by atoms with E-state index in [1.54, 1.807) is 18.3 Å². The summed E-state index contributed by atoms with van der Waals surface area (Å²) < 4.78 is 14.7. The Morgan fingerprint density at radius 2 is 1.93 bits per heavy atom. The first-order valence-electron chi connectivity index (χ1n) is 9.65. The number of carbonyl (C=O) groups excluding carboxylic acids is 1. The van der Waals surface area contributed by atoms with Crippen molar-refractivity contribution in [2.45, 2.75) is 52.5 Å². The smallest absolute Gasteiger partial charge is 0.241 e. The SMILES string of the molecule is Cc1ccnc(C)c1-c1ccc(NC(=O)C(N)C2CCC(C)CC2)cc1F. The number of carbonyl (C=O) groups is 1. The Kier molecular flexibility index (Phi) is 5.90. The van der Waals surface area contributed by atoms with Gasteiger partial charge in [0.2, 0.25) is 5.91 Å². The lowest BCUT2D eigenvalue weighted by Crippen LogP contribution is -2.43. The van der Waals surface area contributed by atoms with Crippen molar-refractivity contribution in [2.75, 3.05) is 5.32 Å². The monoisotopic (exact) mass is 369 g/mol. The molecule has 0 radical (unpaired) electrons. The highest BCUT2D eigenvalue weighted by molar-refractivity contribution is 5.95. The third kappa shape index (κ3) is 4.35. The highest BCUT2D eigenvalue weighted by Crippen LogP contribution is 2.31. The number of nitrogens with zero attached hydrogens (tertiary/aromatic N) is 1. The van der Waals surface area contributed by atoms with Crippen molar-refractivity contribution in [3.63, 3.8) is 0 Å². The molecule has 1 aliphatic carbocycles. The molecule has 0 spiro atoms. The molecule has 1 aromatic heterocycles. The number of anilines is 1. The van der Waals surface area contributed by atoms with Gasteiger partial charge < -0.3 is 11.1 Å². The molecule has 0 bridgehead atoms. The van der Waals surface area contributed by atoms with Crippen molar-refractivity contribution in [1.29, 1.82) is 0 Å². The molecule has 1 fully saturated rings.